The van der Waals surface area contributed by atoms with Gasteiger partial charge in [0.25, 0.3) is 0 Å². The van der Waals surface area contributed by atoms with Crippen LogP contribution in [-0.2, 0) is 16.1 Å². The highest BCUT2D eigenvalue weighted by atomic mass is 35.5. The minimum Gasteiger partial charge on any atom is -0.434 e. The molecule has 2 heterocycles. The Kier molecular flexibility index (Phi) is 4.12. The van der Waals surface area contributed by atoms with Gasteiger partial charge in [0.05, 0.1) is 5.69 Å². The number of rotatable bonds is 2. The predicted molar refractivity (Wildman–Crippen MR) is 98.2 cm³/mol. The molecule has 1 aliphatic rings. The van der Waals surface area contributed by atoms with E-state index in [0.717, 1.165) is 22.8 Å². The van der Waals surface area contributed by atoms with Crippen LogP contribution < -0.4 is 4.90 Å². The number of aromatic nitrogens is 3. The number of benzene rings is 2. The lowest BCUT2D eigenvalue weighted by molar-refractivity contribution is -0.147. The second-order valence-electron chi connectivity index (χ2n) is 6.14. The van der Waals surface area contributed by atoms with Crippen molar-refractivity contribution in [1.29, 1.82) is 0 Å². The smallest absolute Gasteiger partial charge is 0.304 e. The summed E-state index contributed by atoms with van der Waals surface area (Å²) in [6.45, 7) is 3.78. The Morgan fingerprint density at radius 1 is 1.19 bits per heavy atom. The summed E-state index contributed by atoms with van der Waals surface area (Å²) in [6.07, 6.45) is -0.692. The first kappa shape index (κ1) is 16.6. The van der Waals surface area contributed by atoms with Gasteiger partial charge in [0.1, 0.15) is 5.82 Å². The number of halogens is 1. The van der Waals surface area contributed by atoms with Crippen LogP contribution in [0.2, 0.25) is 5.02 Å². The predicted octanol–water partition coefficient (Wildman–Crippen LogP) is 3.81. The summed E-state index contributed by atoms with van der Waals surface area (Å²) >= 11 is 6.24. The van der Waals surface area contributed by atoms with Gasteiger partial charge in [-0.2, -0.15) is 0 Å². The maximum absolute atomic E-state index is 11.8. The van der Waals surface area contributed by atoms with E-state index in [9.17, 15) is 4.79 Å². The lowest BCUT2D eigenvalue weighted by Crippen LogP contribution is -2.31. The lowest BCUT2D eigenvalue weighted by Gasteiger charge is -2.30. The first-order valence-electron chi connectivity index (χ1n) is 8.24. The van der Waals surface area contributed by atoms with E-state index in [4.69, 9.17) is 16.3 Å². The fourth-order valence-corrected chi connectivity index (χ4v) is 3.46. The summed E-state index contributed by atoms with van der Waals surface area (Å²) in [5, 5.41) is 9.17. The molecule has 0 fully saturated rings. The summed E-state index contributed by atoms with van der Waals surface area (Å²) < 4.78 is 7.59. The molecular formula is C19H17ClN4O2. The zero-order valence-corrected chi connectivity index (χ0v) is 15.1. The van der Waals surface area contributed by atoms with Gasteiger partial charge in [-0.15, -0.1) is 10.2 Å². The number of para-hydroxylation sites is 1. The molecule has 2 aromatic carbocycles. The zero-order chi connectivity index (χ0) is 18.3. The van der Waals surface area contributed by atoms with E-state index in [1.165, 1.54) is 6.92 Å². The van der Waals surface area contributed by atoms with Crippen LogP contribution in [0.15, 0.2) is 48.5 Å². The number of fused-ring (bicyclic) bond motifs is 3. The van der Waals surface area contributed by atoms with Gasteiger partial charge < -0.3 is 9.64 Å². The van der Waals surface area contributed by atoms with E-state index >= 15 is 0 Å². The third-order valence-electron chi connectivity index (χ3n) is 4.34. The van der Waals surface area contributed by atoms with Crippen LogP contribution in [0.5, 0.6) is 0 Å². The second kappa shape index (κ2) is 6.46. The van der Waals surface area contributed by atoms with E-state index < -0.39 is 6.23 Å². The van der Waals surface area contributed by atoms with Crippen LogP contribution in [0.4, 0.5) is 5.69 Å². The standard InChI is InChI=1S/C19H17ClN4O2/c1-12-21-22-18-19(26-13(2)25)23(16-6-4-3-5-7-16)11-14-10-15(20)8-9-17(14)24(12)18/h3-10,19H,11H2,1-2H3. The molecule has 1 aliphatic heterocycles. The zero-order valence-electron chi connectivity index (χ0n) is 14.4. The van der Waals surface area contributed by atoms with Crippen molar-refractivity contribution in [2.45, 2.75) is 26.6 Å². The van der Waals surface area contributed by atoms with Crippen LogP contribution in [0, 0.1) is 6.92 Å². The SMILES string of the molecule is CC(=O)OC1c2nnc(C)n2-c2ccc(Cl)cc2CN1c1ccccc1. The number of carbonyl (C=O) groups is 1. The van der Waals surface area contributed by atoms with E-state index in [-0.39, 0.29) is 5.97 Å². The molecule has 0 spiro atoms. The third-order valence-corrected chi connectivity index (χ3v) is 4.58. The summed E-state index contributed by atoms with van der Waals surface area (Å²) in [4.78, 5) is 13.8. The number of hydrogen-bond acceptors (Lipinski definition) is 5. The fourth-order valence-electron chi connectivity index (χ4n) is 3.26. The molecule has 7 heteroatoms. The van der Waals surface area contributed by atoms with Gasteiger partial charge >= 0.3 is 5.97 Å². The Bertz CT molecular complexity index is 971. The van der Waals surface area contributed by atoms with Crippen molar-refractivity contribution in [3.63, 3.8) is 0 Å². The van der Waals surface area contributed by atoms with Crippen LogP contribution in [0.25, 0.3) is 5.69 Å². The van der Waals surface area contributed by atoms with E-state index in [1.54, 1.807) is 0 Å². The van der Waals surface area contributed by atoms with E-state index in [2.05, 4.69) is 10.2 Å². The minimum atomic E-state index is -0.692. The first-order chi connectivity index (χ1) is 12.5. The largest absolute Gasteiger partial charge is 0.434 e. The number of anilines is 1. The normalized spacial score (nSPS) is 15.8. The Hall–Kier alpha value is -2.86. The monoisotopic (exact) mass is 368 g/mol. The molecule has 0 saturated heterocycles. The van der Waals surface area contributed by atoms with Crippen molar-refractivity contribution in [3.05, 3.63) is 70.8 Å². The highest BCUT2D eigenvalue weighted by Crippen LogP contribution is 2.36. The van der Waals surface area contributed by atoms with Crippen LogP contribution in [0.1, 0.15) is 30.4 Å². The quantitative estimate of drug-likeness (QED) is 0.644. The molecule has 0 aliphatic carbocycles. The molecule has 6 nitrogen and oxygen atoms in total. The van der Waals surface area contributed by atoms with Gasteiger partial charge in [0.15, 0.2) is 5.82 Å². The highest BCUT2D eigenvalue weighted by molar-refractivity contribution is 6.30. The molecular weight excluding hydrogens is 352 g/mol. The van der Waals surface area contributed by atoms with Crippen molar-refractivity contribution >= 4 is 23.3 Å². The number of esters is 1. The number of aryl methyl sites for hydroxylation is 1. The summed E-state index contributed by atoms with van der Waals surface area (Å²) in [5.74, 6) is 0.894. The molecule has 0 N–H and O–H groups in total. The Morgan fingerprint density at radius 3 is 2.69 bits per heavy atom. The third kappa shape index (κ3) is 2.82. The lowest BCUT2D eigenvalue weighted by atomic mass is 10.1. The van der Waals surface area contributed by atoms with Gasteiger partial charge in [-0.25, -0.2) is 0 Å². The van der Waals surface area contributed by atoms with Crippen LogP contribution in [0.3, 0.4) is 0 Å². The minimum absolute atomic E-state index is 0.382. The highest BCUT2D eigenvalue weighted by Gasteiger charge is 2.34. The Labute approximate surface area is 156 Å². The molecule has 0 amide bonds. The molecule has 132 valence electrons. The molecule has 3 aromatic rings. The maximum atomic E-state index is 11.8. The molecule has 1 aromatic heterocycles. The Balaban J connectivity index is 1.96. The first-order valence-corrected chi connectivity index (χ1v) is 8.62. The average Bonchev–Trinajstić information content (AvgIpc) is 2.93. The number of ether oxygens (including phenoxy) is 1. The van der Waals surface area contributed by atoms with Crippen LogP contribution >= 0.6 is 11.6 Å². The molecule has 0 bridgehead atoms. The van der Waals surface area contributed by atoms with Gasteiger partial charge in [0.2, 0.25) is 6.23 Å². The van der Waals surface area contributed by atoms with E-state index in [1.807, 2.05) is 64.9 Å². The van der Waals surface area contributed by atoms with Gasteiger partial charge in [-0.05, 0) is 42.8 Å². The van der Waals surface area contributed by atoms with E-state index in [0.29, 0.717) is 17.4 Å². The maximum Gasteiger partial charge on any atom is 0.304 e. The fraction of sp³-hybridized carbons (Fsp3) is 0.211. The van der Waals surface area contributed by atoms with Crippen molar-refractivity contribution in [2.75, 3.05) is 4.90 Å². The van der Waals surface area contributed by atoms with Gasteiger partial charge in [-0.1, -0.05) is 29.8 Å². The van der Waals surface area contributed by atoms with Crippen molar-refractivity contribution < 1.29 is 9.53 Å². The number of hydrogen-bond donors (Lipinski definition) is 0. The van der Waals surface area contributed by atoms with Gasteiger partial charge in [0, 0.05) is 24.2 Å². The molecule has 0 saturated carbocycles. The topological polar surface area (TPSA) is 60.2 Å². The van der Waals surface area contributed by atoms with Gasteiger partial charge in [-0.3, -0.25) is 9.36 Å². The number of nitrogens with zero attached hydrogens (tertiary/aromatic N) is 4. The van der Waals surface area contributed by atoms with Crippen LogP contribution in [-0.4, -0.2) is 20.7 Å². The average molecular weight is 369 g/mol. The Morgan fingerprint density at radius 2 is 1.96 bits per heavy atom. The van der Waals surface area contributed by atoms with Crippen molar-refractivity contribution in [3.8, 4) is 5.69 Å². The molecule has 0 radical (unpaired) electrons. The molecule has 4 rings (SSSR count). The summed E-state index contributed by atoms with van der Waals surface area (Å²) in [7, 11) is 0. The summed E-state index contributed by atoms with van der Waals surface area (Å²) in [5.41, 5.74) is 2.85. The molecule has 1 atom stereocenters. The van der Waals surface area contributed by atoms with Crippen molar-refractivity contribution in [2.24, 2.45) is 0 Å². The summed E-state index contributed by atoms with van der Waals surface area (Å²) in [6, 6.07) is 15.5. The van der Waals surface area contributed by atoms with Crippen molar-refractivity contribution in [1.82, 2.24) is 14.8 Å². The number of carbonyl (C=O) groups excluding carboxylic acids is 1. The molecule has 26 heavy (non-hydrogen) atoms. The molecule has 1 unspecified atom stereocenters. The second-order valence-corrected chi connectivity index (χ2v) is 6.58.